The zero-order chi connectivity index (χ0) is 16.7. The molecule has 1 aromatic carbocycles. The van der Waals surface area contributed by atoms with Crippen LogP contribution in [0.5, 0.6) is 0 Å². The Hall–Kier alpha value is -2.21. The molecule has 0 spiro atoms. The van der Waals surface area contributed by atoms with E-state index in [9.17, 15) is 9.18 Å². The van der Waals surface area contributed by atoms with Gasteiger partial charge in [0.25, 0.3) is 5.91 Å². The fraction of sp³-hybridized carbons (Fsp3) is 0.333. The SMILES string of the molecule is CC1(c2nccs2)CCN(C(=O)c2cc3cc(F)ccc3[nH]2)CC1. The Balaban J connectivity index is 1.51. The van der Waals surface area contributed by atoms with Crippen LogP contribution in [0, 0.1) is 5.82 Å². The molecule has 4 nitrogen and oxygen atoms in total. The minimum atomic E-state index is -0.294. The van der Waals surface area contributed by atoms with E-state index in [2.05, 4.69) is 16.9 Å². The maximum Gasteiger partial charge on any atom is 0.270 e. The molecule has 3 heterocycles. The minimum absolute atomic E-state index is 0.0206. The number of H-pyrrole nitrogens is 1. The van der Waals surface area contributed by atoms with Crippen molar-refractivity contribution in [2.24, 2.45) is 0 Å². The first-order valence-electron chi connectivity index (χ1n) is 8.03. The second-order valence-corrected chi connectivity index (χ2v) is 7.50. The number of fused-ring (bicyclic) bond motifs is 1. The first-order valence-corrected chi connectivity index (χ1v) is 8.91. The van der Waals surface area contributed by atoms with Crippen LogP contribution in [0.25, 0.3) is 10.9 Å². The first-order chi connectivity index (χ1) is 11.5. The molecule has 2 aromatic heterocycles. The van der Waals surface area contributed by atoms with Crippen molar-refractivity contribution < 1.29 is 9.18 Å². The smallest absolute Gasteiger partial charge is 0.270 e. The predicted molar refractivity (Wildman–Crippen MR) is 92.9 cm³/mol. The summed E-state index contributed by atoms with van der Waals surface area (Å²) < 4.78 is 13.3. The molecule has 1 amide bonds. The number of hydrogen-bond acceptors (Lipinski definition) is 3. The van der Waals surface area contributed by atoms with Gasteiger partial charge in [0.2, 0.25) is 0 Å². The summed E-state index contributed by atoms with van der Waals surface area (Å²) in [5.74, 6) is -0.314. The van der Waals surface area contributed by atoms with E-state index < -0.39 is 0 Å². The molecular formula is C18H18FN3OS. The zero-order valence-corrected chi connectivity index (χ0v) is 14.2. The second kappa shape index (κ2) is 5.70. The Morgan fingerprint density at radius 3 is 2.83 bits per heavy atom. The van der Waals surface area contributed by atoms with Crippen LogP contribution in [0.1, 0.15) is 35.3 Å². The van der Waals surface area contributed by atoms with Gasteiger partial charge in [-0.2, -0.15) is 0 Å². The third-order valence-electron chi connectivity index (χ3n) is 4.92. The van der Waals surface area contributed by atoms with Gasteiger partial charge in [-0.3, -0.25) is 4.79 Å². The number of amides is 1. The van der Waals surface area contributed by atoms with E-state index in [0.29, 0.717) is 18.8 Å². The van der Waals surface area contributed by atoms with Gasteiger partial charge < -0.3 is 9.88 Å². The van der Waals surface area contributed by atoms with E-state index in [-0.39, 0.29) is 17.1 Å². The molecule has 0 bridgehead atoms. The fourth-order valence-corrected chi connectivity index (χ4v) is 4.19. The lowest BCUT2D eigenvalue weighted by molar-refractivity contribution is 0.0671. The van der Waals surface area contributed by atoms with E-state index in [1.165, 1.54) is 12.1 Å². The number of nitrogens with zero attached hydrogens (tertiary/aromatic N) is 2. The fourth-order valence-electron chi connectivity index (χ4n) is 3.33. The van der Waals surface area contributed by atoms with Gasteiger partial charge in [-0.25, -0.2) is 9.37 Å². The summed E-state index contributed by atoms with van der Waals surface area (Å²) in [6.45, 7) is 3.64. The number of thiazole rings is 1. The third-order valence-corrected chi connectivity index (χ3v) is 6.00. The van der Waals surface area contributed by atoms with Crippen LogP contribution >= 0.6 is 11.3 Å². The molecule has 0 unspecified atom stereocenters. The quantitative estimate of drug-likeness (QED) is 0.766. The number of likely N-dealkylation sites (tertiary alicyclic amines) is 1. The van der Waals surface area contributed by atoms with E-state index in [1.807, 2.05) is 16.5 Å². The van der Waals surface area contributed by atoms with Crippen LogP contribution in [0.3, 0.4) is 0 Å². The Kier molecular flexibility index (Phi) is 3.64. The van der Waals surface area contributed by atoms with Crippen LogP contribution in [-0.2, 0) is 5.41 Å². The molecule has 1 N–H and O–H groups in total. The number of piperidine rings is 1. The van der Waals surface area contributed by atoms with Crippen molar-refractivity contribution in [1.29, 1.82) is 0 Å². The maximum absolute atomic E-state index is 13.3. The van der Waals surface area contributed by atoms with E-state index in [4.69, 9.17) is 0 Å². The predicted octanol–water partition coefficient (Wildman–Crippen LogP) is 3.96. The molecule has 124 valence electrons. The number of nitrogens with one attached hydrogen (secondary N) is 1. The summed E-state index contributed by atoms with van der Waals surface area (Å²) in [6, 6.07) is 6.23. The lowest BCUT2D eigenvalue weighted by atomic mass is 9.81. The number of aromatic amines is 1. The molecule has 0 saturated carbocycles. The molecule has 0 aliphatic carbocycles. The first kappa shape index (κ1) is 15.3. The van der Waals surface area contributed by atoms with Crippen molar-refractivity contribution in [3.8, 4) is 0 Å². The summed E-state index contributed by atoms with van der Waals surface area (Å²) in [6.07, 6.45) is 3.65. The Morgan fingerprint density at radius 1 is 1.33 bits per heavy atom. The summed E-state index contributed by atoms with van der Waals surface area (Å²) in [5, 5.41) is 3.88. The number of halogens is 1. The van der Waals surface area contributed by atoms with Crippen LogP contribution < -0.4 is 0 Å². The van der Waals surface area contributed by atoms with Crippen LogP contribution in [0.15, 0.2) is 35.8 Å². The minimum Gasteiger partial charge on any atom is -0.351 e. The average Bonchev–Trinajstić information content (AvgIpc) is 3.24. The van der Waals surface area contributed by atoms with Crippen molar-refractivity contribution in [2.75, 3.05) is 13.1 Å². The number of aromatic nitrogens is 2. The lowest BCUT2D eigenvalue weighted by Crippen LogP contribution is -2.44. The molecule has 1 aliphatic rings. The standard InChI is InChI=1S/C18H18FN3OS/c1-18(17-20-6-9-24-17)4-7-22(8-5-18)16(23)15-11-12-10-13(19)2-3-14(12)21-15/h2-3,6,9-11,21H,4-5,7-8H2,1H3. The lowest BCUT2D eigenvalue weighted by Gasteiger charge is -2.38. The molecule has 1 saturated heterocycles. The highest BCUT2D eigenvalue weighted by Crippen LogP contribution is 2.36. The van der Waals surface area contributed by atoms with Crippen LogP contribution in [-0.4, -0.2) is 33.9 Å². The topological polar surface area (TPSA) is 49.0 Å². The molecular weight excluding hydrogens is 325 g/mol. The number of hydrogen-bond donors (Lipinski definition) is 1. The second-order valence-electron chi connectivity index (χ2n) is 6.60. The van der Waals surface area contributed by atoms with Gasteiger partial charge in [-0.1, -0.05) is 6.92 Å². The Bertz CT molecular complexity index is 879. The van der Waals surface area contributed by atoms with Crippen LogP contribution in [0.4, 0.5) is 4.39 Å². The molecule has 3 aromatic rings. The molecule has 6 heteroatoms. The summed E-state index contributed by atoms with van der Waals surface area (Å²) in [4.78, 5) is 22.2. The third kappa shape index (κ3) is 2.60. The van der Waals surface area contributed by atoms with Crippen molar-refractivity contribution in [1.82, 2.24) is 14.9 Å². The zero-order valence-electron chi connectivity index (χ0n) is 13.4. The summed E-state index contributed by atoms with van der Waals surface area (Å²) in [5.41, 5.74) is 1.35. The van der Waals surface area contributed by atoms with Gasteiger partial charge in [-0.05, 0) is 37.1 Å². The van der Waals surface area contributed by atoms with Gasteiger partial charge >= 0.3 is 0 Å². The molecule has 1 aliphatic heterocycles. The number of rotatable bonds is 2. The monoisotopic (exact) mass is 343 g/mol. The molecule has 4 rings (SSSR count). The Morgan fingerprint density at radius 2 is 2.12 bits per heavy atom. The van der Waals surface area contributed by atoms with Crippen LogP contribution in [0.2, 0.25) is 0 Å². The maximum atomic E-state index is 13.3. The average molecular weight is 343 g/mol. The highest BCUT2D eigenvalue weighted by molar-refractivity contribution is 7.09. The van der Waals surface area contributed by atoms with Crippen molar-refractivity contribution in [2.45, 2.75) is 25.2 Å². The Labute approximate surface area is 143 Å². The largest absolute Gasteiger partial charge is 0.351 e. The van der Waals surface area contributed by atoms with E-state index >= 15 is 0 Å². The van der Waals surface area contributed by atoms with Crippen molar-refractivity contribution in [3.05, 3.63) is 52.4 Å². The number of benzene rings is 1. The van der Waals surface area contributed by atoms with Gasteiger partial charge in [0.1, 0.15) is 11.5 Å². The number of carbonyl (C=O) groups is 1. The van der Waals surface area contributed by atoms with E-state index in [0.717, 1.165) is 28.8 Å². The van der Waals surface area contributed by atoms with Gasteiger partial charge in [-0.15, -0.1) is 11.3 Å². The van der Waals surface area contributed by atoms with E-state index in [1.54, 1.807) is 23.5 Å². The number of carbonyl (C=O) groups excluding carboxylic acids is 1. The molecule has 0 atom stereocenters. The highest BCUT2D eigenvalue weighted by Gasteiger charge is 2.35. The highest BCUT2D eigenvalue weighted by atomic mass is 32.1. The molecule has 0 radical (unpaired) electrons. The summed E-state index contributed by atoms with van der Waals surface area (Å²) in [7, 11) is 0. The molecule has 1 fully saturated rings. The van der Waals surface area contributed by atoms with Crippen molar-refractivity contribution >= 4 is 28.1 Å². The molecule has 24 heavy (non-hydrogen) atoms. The van der Waals surface area contributed by atoms with Gasteiger partial charge in [0, 0.05) is 41.0 Å². The normalized spacial score (nSPS) is 17.3. The van der Waals surface area contributed by atoms with Gasteiger partial charge in [0.05, 0.1) is 5.01 Å². The van der Waals surface area contributed by atoms with Gasteiger partial charge in [0.15, 0.2) is 0 Å². The summed E-state index contributed by atoms with van der Waals surface area (Å²) >= 11 is 1.68. The van der Waals surface area contributed by atoms with Crippen molar-refractivity contribution in [3.63, 3.8) is 0 Å².